The molecule has 0 saturated heterocycles. The first-order valence-corrected chi connectivity index (χ1v) is 7.32. The highest BCUT2D eigenvalue weighted by Gasteiger charge is 1.95. The molecule has 0 fully saturated rings. The zero-order valence-electron chi connectivity index (χ0n) is 10.8. The summed E-state index contributed by atoms with van der Waals surface area (Å²) in [6, 6.07) is 8.50. The van der Waals surface area contributed by atoms with Gasteiger partial charge in [0.2, 0.25) is 0 Å². The van der Waals surface area contributed by atoms with Gasteiger partial charge in [0.15, 0.2) is 0 Å². The summed E-state index contributed by atoms with van der Waals surface area (Å²) in [6.07, 6.45) is 7.23. The lowest BCUT2D eigenvalue weighted by Gasteiger charge is -2.06. The van der Waals surface area contributed by atoms with Crippen molar-refractivity contribution >= 4 is 12.6 Å². The Hall–Kier alpha value is -0.630. The number of ether oxygens (including phenoxy) is 1. The Morgan fingerprint density at radius 3 is 2.35 bits per heavy atom. The molecular weight excluding hydrogens is 228 g/mol. The minimum absolute atomic E-state index is 0.833. The summed E-state index contributed by atoms with van der Waals surface area (Å²) in [4.78, 5) is 0. The first-order valence-electron chi connectivity index (χ1n) is 6.69. The maximum atomic E-state index is 5.70. The Labute approximate surface area is 111 Å². The SMILES string of the molecule is CCCc1ccc(OCCCCCCS)cc1. The third-order valence-corrected chi connectivity index (χ3v) is 3.10. The summed E-state index contributed by atoms with van der Waals surface area (Å²) in [7, 11) is 0. The topological polar surface area (TPSA) is 9.23 Å². The van der Waals surface area contributed by atoms with Gasteiger partial charge in [0.1, 0.15) is 5.75 Å². The maximum absolute atomic E-state index is 5.70. The number of unbranched alkanes of at least 4 members (excludes halogenated alkanes) is 3. The van der Waals surface area contributed by atoms with Crippen molar-refractivity contribution in [1.82, 2.24) is 0 Å². The second-order valence-electron chi connectivity index (χ2n) is 4.38. The number of hydrogen-bond donors (Lipinski definition) is 1. The van der Waals surface area contributed by atoms with E-state index in [0.717, 1.165) is 31.0 Å². The van der Waals surface area contributed by atoms with Crippen LogP contribution >= 0.6 is 12.6 Å². The van der Waals surface area contributed by atoms with Crippen molar-refractivity contribution in [3.05, 3.63) is 29.8 Å². The molecule has 2 heteroatoms. The number of thiol groups is 1. The second-order valence-corrected chi connectivity index (χ2v) is 4.83. The first-order chi connectivity index (χ1) is 8.36. The fourth-order valence-corrected chi connectivity index (χ4v) is 2.02. The molecule has 0 saturated carbocycles. The Balaban J connectivity index is 2.14. The van der Waals surface area contributed by atoms with E-state index in [-0.39, 0.29) is 0 Å². The smallest absolute Gasteiger partial charge is 0.119 e. The predicted molar refractivity (Wildman–Crippen MR) is 78.3 cm³/mol. The van der Waals surface area contributed by atoms with Gasteiger partial charge in [-0.15, -0.1) is 0 Å². The number of hydrogen-bond acceptors (Lipinski definition) is 2. The molecule has 0 atom stereocenters. The van der Waals surface area contributed by atoms with Gasteiger partial charge in [-0.3, -0.25) is 0 Å². The highest BCUT2D eigenvalue weighted by atomic mass is 32.1. The highest BCUT2D eigenvalue weighted by molar-refractivity contribution is 7.80. The molecule has 0 amide bonds. The van der Waals surface area contributed by atoms with Gasteiger partial charge in [0.25, 0.3) is 0 Å². The second kappa shape index (κ2) is 9.41. The van der Waals surface area contributed by atoms with Crippen molar-refractivity contribution in [1.29, 1.82) is 0 Å². The first kappa shape index (κ1) is 14.4. The molecule has 0 radical (unpaired) electrons. The molecule has 1 rings (SSSR count). The lowest BCUT2D eigenvalue weighted by Crippen LogP contribution is -1.97. The van der Waals surface area contributed by atoms with E-state index >= 15 is 0 Å². The Morgan fingerprint density at radius 2 is 1.71 bits per heavy atom. The zero-order chi connectivity index (χ0) is 12.3. The van der Waals surface area contributed by atoms with E-state index in [4.69, 9.17) is 4.74 Å². The van der Waals surface area contributed by atoms with Crippen molar-refractivity contribution < 1.29 is 4.74 Å². The van der Waals surface area contributed by atoms with E-state index in [1.165, 1.54) is 31.2 Å². The van der Waals surface area contributed by atoms with Crippen LogP contribution in [0.25, 0.3) is 0 Å². The molecule has 0 aliphatic heterocycles. The average molecular weight is 252 g/mol. The number of aryl methyl sites for hydroxylation is 1. The van der Waals surface area contributed by atoms with Crippen LogP contribution in [-0.2, 0) is 6.42 Å². The minimum atomic E-state index is 0.833. The fraction of sp³-hybridized carbons (Fsp3) is 0.600. The third-order valence-electron chi connectivity index (χ3n) is 2.78. The van der Waals surface area contributed by atoms with Gasteiger partial charge in [0, 0.05) is 0 Å². The Morgan fingerprint density at radius 1 is 1.00 bits per heavy atom. The molecule has 0 aliphatic rings. The largest absolute Gasteiger partial charge is 0.494 e. The summed E-state index contributed by atoms with van der Waals surface area (Å²) >= 11 is 4.20. The van der Waals surface area contributed by atoms with Crippen molar-refractivity contribution in [2.75, 3.05) is 12.4 Å². The lowest BCUT2D eigenvalue weighted by molar-refractivity contribution is 0.305. The summed E-state index contributed by atoms with van der Waals surface area (Å²) in [5.41, 5.74) is 1.40. The van der Waals surface area contributed by atoms with Gasteiger partial charge < -0.3 is 4.74 Å². The molecule has 0 bridgehead atoms. The third kappa shape index (κ3) is 6.62. The van der Waals surface area contributed by atoms with Crippen LogP contribution in [0.15, 0.2) is 24.3 Å². The van der Waals surface area contributed by atoms with E-state index in [1.54, 1.807) is 0 Å². The molecule has 0 heterocycles. The standard InChI is InChI=1S/C15H24OS/c1-2-7-14-8-10-15(11-9-14)16-12-5-3-4-6-13-17/h8-11,17H,2-7,12-13H2,1H3. The van der Waals surface area contributed by atoms with Gasteiger partial charge >= 0.3 is 0 Å². The van der Waals surface area contributed by atoms with Gasteiger partial charge in [-0.2, -0.15) is 12.6 Å². The summed E-state index contributed by atoms with van der Waals surface area (Å²) in [6.45, 7) is 3.04. The van der Waals surface area contributed by atoms with E-state index in [1.807, 2.05) is 0 Å². The predicted octanol–water partition coefficient (Wildman–Crippen LogP) is 4.51. The zero-order valence-corrected chi connectivity index (χ0v) is 11.7. The summed E-state index contributed by atoms with van der Waals surface area (Å²) in [5, 5.41) is 0. The van der Waals surface area contributed by atoms with Crippen LogP contribution in [0.4, 0.5) is 0 Å². The van der Waals surface area contributed by atoms with Crippen molar-refractivity contribution in [2.45, 2.75) is 45.4 Å². The molecule has 0 aromatic heterocycles. The van der Waals surface area contributed by atoms with Gasteiger partial charge in [-0.25, -0.2) is 0 Å². The van der Waals surface area contributed by atoms with Gasteiger partial charge in [-0.1, -0.05) is 38.3 Å². The van der Waals surface area contributed by atoms with Crippen LogP contribution in [0.3, 0.4) is 0 Å². The molecule has 1 aromatic carbocycles. The summed E-state index contributed by atoms with van der Waals surface area (Å²) in [5.74, 6) is 2.00. The van der Waals surface area contributed by atoms with Crippen molar-refractivity contribution in [3.8, 4) is 5.75 Å². The van der Waals surface area contributed by atoms with Gasteiger partial charge in [-0.05, 0) is 42.7 Å². The van der Waals surface area contributed by atoms with Crippen molar-refractivity contribution in [2.24, 2.45) is 0 Å². The Bertz CT molecular complexity index is 281. The van der Waals surface area contributed by atoms with Crippen LogP contribution in [0.5, 0.6) is 5.75 Å². The van der Waals surface area contributed by atoms with Crippen LogP contribution in [0.2, 0.25) is 0 Å². The number of benzene rings is 1. The molecule has 1 aromatic rings. The summed E-state index contributed by atoms with van der Waals surface area (Å²) < 4.78 is 5.70. The van der Waals surface area contributed by atoms with E-state index in [2.05, 4.69) is 43.8 Å². The van der Waals surface area contributed by atoms with Crippen LogP contribution in [0.1, 0.15) is 44.6 Å². The monoisotopic (exact) mass is 252 g/mol. The van der Waals surface area contributed by atoms with Crippen LogP contribution in [-0.4, -0.2) is 12.4 Å². The molecule has 0 aliphatic carbocycles. The highest BCUT2D eigenvalue weighted by Crippen LogP contribution is 2.14. The van der Waals surface area contributed by atoms with Gasteiger partial charge in [0.05, 0.1) is 6.61 Å². The maximum Gasteiger partial charge on any atom is 0.119 e. The fourth-order valence-electron chi connectivity index (χ4n) is 1.80. The minimum Gasteiger partial charge on any atom is -0.494 e. The molecular formula is C15H24OS. The molecule has 17 heavy (non-hydrogen) atoms. The van der Waals surface area contributed by atoms with E-state index in [9.17, 15) is 0 Å². The van der Waals surface area contributed by atoms with Crippen LogP contribution < -0.4 is 4.74 Å². The molecule has 1 nitrogen and oxygen atoms in total. The van der Waals surface area contributed by atoms with Crippen molar-refractivity contribution in [3.63, 3.8) is 0 Å². The van der Waals surface area contributed by atoms with Crippen LogP contribution in [0, 0.1) is 0 Å². The average Bonchev–Trinajstić information content (AvgIpc) is 2.36. The van der Waals surface area contributed by atoms with E-state index in [0.29, 0.717) is 0 Å². The van der Waals surface area contributed by atoms with E-state index < -0.39 is 0 Å². The Kier molecular flexibility index (Phi) is 7.98. The lowest BCUT2D eigenvalue weighted by atomic mass is 10.1. The molecule has 96 valence electrons. The molecule has 0 spiro atoms. The molecule has 0 N–H and O–H groups in total. The number of rotatable bonds is 9. The quantitative estimate of drug-likeness (QED) is 0.502. The molecule has 0 unspecified atom stereocenters. The normalized spacial score (nSPS) is 10.5.